The number of piperidine rings is 1. The highest BCUT2D eigenvalue weighted by Gasteiger charge is 2.16. The summed E-state index contributed by atoms with van der Waals surface area (Å²) in [5, 5.41) is 3.44. The summed E-state index contributed by atoms with van der Waals surface area (Å²) in [4.78, 5) is 0. The van der Waals surface area contributed by atoms with Gasteiger partial charge in [-0.1, -0.05) is 45.0 Å². The van der Waals surface area contributed by atoms with E-state index in [4.69, 9.17) is 0 Å². The molecule has 0 amide bonds. The zero-order valence-corrected chi connectivity index (χ0v) is 11.4. The maximum Gasteiger partial charge on any atom is -0.00431 e. The van der Waals surface area contributed by atoms with Crippen molar-refractivity contribution in [3.63, 3.8) is 0 Å². The zero-order chi connectivity index (χ0) is 12.3. The van der Waals surface area contributed by atoms with Crippen LogP contribution in [0.3, 0.4) is 0 Å². The average molecular weight is 231 g/mol. The first-order chi connectivity index (χ1) is 8.04. The third-order valence-electron chi connectivity index (χ3n) is 3.50. The topological polar surface area (TPSA) is 12.0 Å². The van der Waals surface area contributed by atoms with Crippen LogP contribution in [-0.2, 0) is 6.42 Å². The zero-order valence-electron chi connectivity index (χ0n) is 11.4. The van der Waals surface area contributed by atoms with Gasteiger partial charge in [0, 0.05) is 0 Å². The van der Waals surface area contributed by atoms with E-state index >= 15 is 0 Å². The predicted molar refractivity (Wildman–Crippen MR) is 74.4 cm³/mol. The lowest BCUT2D eigenvalue weighted by Gasteiger charge is -2.24. The standard InChI is InChI=1S/C16H25N/c1-16(2,3)12-13-5-4-6-15(11-13)14-7-9-17-10-8-14/h4-6,11,14,17H,7-10,12H2,1-3H3. The number of hydrogen-bond donors (Lipinski definition) is 1. The maximum atomic E-state index is 3.44. The van der Waals surface area contributed by atoms with E-state index in [1.54, 1.807) is 5.56 Å². The molecule has 0 spiro atoms. The Kier molecular flexibility index (Phi) is 3.88. The third kappa shape index (κ3) is 3.85. The Morgan fingerprint density at radius 3 is 2.53 bits per heavy atom. The number of nitrogens with one attached hydrogen (secondary N) is 1. The quantitative estimate of drug-likeness (QED) is 0.817. The minimum atomic E-state index is 0.382. The van der Waals surface area contributed by atoms with Crippen molar-refractivity contribution < 1.29 is 0 Å². The number of benzene rings is 1. The van der Waals surface area contributed by atoms with Crippen molar-refractivity contribution in [2.24, 2.45) is 5.41 Å². The van der Waals surface area contributed by atoms with Gasteiger partial charge < -0.3 is 5.32 Å². The lowest BCUT2D eigenvalue weighted by atomic mass is 9.85. The SMILES string of the molecule is CC(C)(C)Cc1cccc(C2CCNCC2)c1. The fraction of sp³-hybridized carbons (Fsp3) is 0.625. The Morgan fingerprint density at radius 2 is 1.88 bits per heavy atom. The fourth-order valence-corrected chi connectivity index (χ4v) is 2.72. The summed E-state index contributed by atoms with van der Waals surface area (Å²) in [7, 11) is 0. The Bertz CT molecular complexity index is 356. The van der Waals surface area contributed by atoms with E-state index in [9.17, 15) is 0 Å². The van der Waals surface area contributed by atoms with Crippen LogP contribution >= 0.6 is 0 Å². The molecule has 0 unspecified atom stereocenters. The molecule has 0 aromatic heterocycles. The molecule has 1 aromatic rings. The monoisotopic (exact) mass is 231 g/mol. The first-order valence-corrected chi connectivity index (χ1v) is 6.84. The minimum Gasteiger partial charge on any atom is -0.317 e. The van der Waals surface area contributed by atoms with Gasteiger partial charge in [0.1, 0.15) is 0 Å². The van der Waals surface area contributed by atoms with E-state index in [0.717, 1.165) is 5.92 Å². The van der Waals surface area contributed by atoms with Gasteiger partial charge in [-0.2, -0.15) is 0 Å². The predicted octanol–water partition coefficient (Wildman–Crippen LogP) is 3.74. The highest BCUT2D eigenvalue weighted by molar-refractivity contribution is 5.27. The summed E-state index contributed by atoms with van der Waals surface area (Å²) < 4.78 is 0. The van der Waals surface area contributed by atoms with E-state index in [1.807, 2.05) is 0 Å². The van der Waals surface area contributed by atoms with Crippen molar-refractivity contribution >= 4 is 0 Å². The molecule has 1 saturated heterocycles. The smallest absolute Gasteiger partial charge is 0.00431 e. The van der Waals surface area contributed by atoms with Crippen LogP contribution in [0, 0.1) is 5.41 Å². The Hall–Kier alpha value is -0.820. The van der Waals surface area contributed by atoms with E-state index in [-0.39, 0.29) is 0 Å². The summed E-state index contributed by atoms with van der Waals surface area (Å²) in [6.07, 6.45) is 3.75. The molecule has 1 aliphatic rings. The molecule has 1 N–H and O–H groups in total. The van der Waals surface area contributed by atoms with Gasteiger partial charge in [0.25, 0.3) is 0 Å². The van der Waals surface area contributed by atoms with Gasteiger partial charge in [-0.05, 0) is 54.8 Å². The van der Waals surface area contributed by atoms with Gasteiger partial charge in [-0.15, -0.1) is 0 Å². The molecule has 1 heterocycles. The van der Waals surface area contributed by atoms with Gasteiger partial charge in [0.05, 0.1) is 0 Å². The summed E-state index contributed by atoms with van der Waals surface area (Å²) in [5.74, 6) is 0.774. The third-order valence-corrected chi connectivity index (χ3v) is 3.50. The summed E-state index contributed by atoms with van der Waals surface area (Å²) in [5.41, 5.74) is 3.43. The van der Waals surface area contributed by atoms with E-state index in [1.165, 1.54) is 37.9 Å². The highest BCUT2D eigenvalue weighted by atomic mass is 14.9. The molecule has 0 saturated carbocycles. The molecule has 2 rings (SSSR count). The van der Waals surface area contributed by atoms with Crippen molar-refractivity contribution in [2.75, 3.05) is 13.1 Å². The van der Waals surface area contributed by atoms with Gasteiger partial charge in [-0.3, -0.25) is 0 Å². The lowest BCUT2D eigenvalue weighted by molar-refractivity contribution is 0.410. The Morgan fingerprint density at radius 1 is 1.18 bits per heavy atom. The van der Waals surface area contributed by atoms with Gasteiger partial charge in [0.2, 0.25) is 0 Å². The van der Waals surface area contributed by atoms with Gasteiger partial charge in [-0.25, -0.2) is 0 Å². The molecule has 1 fully saturated rings. The second-order valence-corrected chi connectivity index (χ2v) is 6.51. The van der Waals surface area contributed by atoms with E-state index in [2.05, 4.69) is 50.4 Å². The van der Waals surface area contributed by atoms with Crippen LogP contribution in [0.5, 0.6) is 0 Å². The van der Waals surface area contributed by atoms with Crippen LogP contribution in [0.1, 0.15) is 50.7 Å². The maximum absolute atomic E-state index is 3.44. The summed E-state index contributed by atoms with van der Waals surface area (Å²) in [6.45, 7) is 9.28. The molecule has 1 nitrogen and oxygen atoms in total. The van der Waals surface area contributed by atoms with Crippen LogP contribution in [0.25, 0.3) is 0 Å². The van der Waals surface area contributed by atoms with Gasteiger partial charge in [0.15, 0.2) is 0 Å². The number of hydrogen-bond acceptors (Lipinski definition) is 1. The average Bonchev–Trinajstić information content (AvgIpc) is 2.28. The van der Waals surface area contributed by atoms with E-state index in [0.29, 0.717) is 5.41 Å². The normalized spacial score (nSPS) is 18.3. The molecule has 94 valence electrons. The van der Waals surface area contributed by atoms with Crippen LogP contribution in [-0.4, -0.2) is 13.1 Å². The van der Waals surface area contributed by atoms with Crippen LogP contribution < -0.4 is 5.32 Å². The van der Waals surface area contributed by atoms with Crippen LogP contribution in [0.4, 0.5) is 0 Å². The summed E-state index contributed by atoms with van der Waals surface area (Å²) in [6, 6.07) is 9.25. The minimum absolute atomic E-state index is 0.382. The molecule has 1 heteroatoms. The largest absolute Gasteiger partial charge is 0.317 e. The highest BCUT2D eigenvalue weighted by Crippen LogP contribution is 2.28. The lowest BCUT2D eigenvalue weighted by Crippen LogP contribution is -2.26. The Labute approximate surface area is 106 Å². The molecule has 0 atom stereocenters. The fourth-order valence-electron chi connectivity index (χ4n) is 2.72. The van der Waals surface area contributed by atoms with Crippen LogP contribution in [0.15, 0.2) is 24.3 Å². The molecule has 0 bridgehead atoms. The van der Waals surface area contributed by atoms with Crippen LogP contribution in [0.2, 0.25) is 0 Å². The second kappa shape index (κ2) is 5.22. The molecular weight excluding hydrogens is 206 g/mol. The second-order valence-electron chi connectivity index (χ2n) is 6.51. The summed E-state index contributed by atoms with van der Waals surface area (Å²) >= 11 is 0. The van der Waals surface area contributed by atoms with Crippen molar-refractivity contribution in [3.05, 3.63) is 35.4 Å². The van der Waals surface area contributed by atoms with Crippen molar-refractivity contribution in [3.8, 4) is 0 Å². The van der Waals surface area contributed by atoms with Crippen molar-refractivity contribution in [2.45, 2.75) is 46.0 Å². The first-order valence-electron chi connectivity index (χ1n) is 6.84. The van der Waals surface area contributed by atoms with Crippen molar-refractivity contribution in [1.29, 1.82) is 0 Å². The molecule has 1 aliphatic heterocycles. The van der Waals surface area contributed by atoms with Gasteiger partial charge >= 0.3 is 0 Å². The molecule has 17 heavy (non-hydrogen) atoms. The van der Waals surface area contributed by atoms with Crippen molar-refractivity contribution in [1.82, 2.24) is 5.32 Å². The molecule has 0 radical (unpaired) electrons. The Balaban J connectivity index is 2.10. The van der Waals surface area contributed by atoms with E-state index < -0.39 is 0 Å². The number of rotatable bonds is 2. The molecule has 1 aromatic carbocycles. The molecule has 0 aliphatic carbocycles. The molecular formula is C16H25N. The first kappa shape index (κ1) is 12.6.